The average molecular weight is 369 g/mol. The van der Waals surface area contributed by atoms with Crippen LogP contribution >= 0.6 is 0 Å². The van der Waals surface area contributed by atoms with Gasteiger partial charge in [-0.05, 0) is 49.3 Å². The van der Waals surface area contributed by atoms with Gasteiger partial charge in [0.25, 0.3) is 5.91 Å². The summed E-state index contributed by atoms with van der Waals surface area (Å²) in [6.07, 6.45) is 4.34. The predicted octanol–water partition coefficient (Wildman–Crippen LogP) is 2.98. The highest BCUT2D eigenvalue weighted by atomic mass is 16.5. The quantitative estimate of drug-likeness (QED) is 0.900. The molecule has 144 valence electrons. The number of hydrogen-bond acceptors (Lipinski definition) is 5. The summed E-state index contributed by atoms with van der Waals surface area (Å²) >= 11 is 0. The third kappa shape index (κ3) is 2.92. The first-order valence-corrected chi connectivity index (χ1v) is 9.58. The van der Waals surface area contributed by atoms with Crippen molar-refractivity contribution in [3.05, 3.63) is 30.0 Å². The summed E-state index contributed by atoms with van der Waals surface area (Å²) in [6, 6.07) is 5.58. The summed E-state index contributed by atoms with van der Waals surface area (Å²) < 4.78 is 11.3. The van der Waals surface area contributed by atoms with Gasteiger partial charge in [-0.3, -0.25) is 4.79 Å². The maximum absolute atomic E-state index is 11.7. The molecule has 0 aliphatic carbocycles. The number of amides is 1. The molecule has 27 heavy (non-hydrogen) atoms. The van der Waals surface area contributed by atoms with E-state index in [1.807, 2.05) is 12.1 Å². The maximum atomic E-state index is 11.7. The summed E-state index contributed by atoms with van der Waals surface area (Å²) in [5, 5.41) is 1.93. The minimum Gasteiger partial charge on any atom is -0.496 e. The Balaban J connectivity index is 1.66. The number of piperidine rings is 1. The Hall–Kier alpha value is -2.34. The molecule has 6 nitrogen and oxygen atoms in total. The lowest BCUT2D eigenvalue weighted by Gasteiger charge is -2.42. The van der Waals surface area contributed by atoms with E-state index in [1.54, 1.807) is 19.4 Å². The van der Waals surface area contributed by atoms with Gasteiger partial charge < -0.3 is 20.1 Å². The average Bonchev–Trinajstić information content (AvgIpc) is 2.95. The molecule has 2 fully saturated rings. The molecule has 1 spiro atoms. The van der Waals surface area contributed by atoms with Crippen LogP contribution < -0.4 is 15.4 Å². The normalized spacial score (nSPS) is 24.5. The van der Waals surface area contributed by atoms with Gasteiger partial charge in [-0.1, -0.05) is 6.92 Å². The fourth-order valence-corrected chi connectivity index (χ4v) is 4.63. The number of methoxy groups -OCH3 is 1. The molecular formula is C21H27N3O3. The molecule has 3 heterocycles. The summed E-state index contributed by atoms with van der Waals surface area (Å²) in [5.41, 5.74) is 6.18. The van der Waals surface area contributed by atoms with Crippen molar-refractivity contribution in [2.45, 2.75) is 32.8 Å². The summed E-state index contributed by atoms with van der Waals surface area (Å²) in [5.74, 6) is 1.52. The minimum absolute atomic E-state index is 0.289. The van der Waals surface area contributed by atoms with Gasteiger partial charge in [0.05, 0.1) is 25.4 Å². The van der Waals surface area contributed by atoms with Crippen molar-refractivity contribution < 1.29 is 14.3 Å². The van der Waals surface area contributed by atoms with E-state index in [-0.39, 0.29) is 5.41 Å². The smallest absolute Gasteiger partial charge is 0.252 e. The number of nitrogens with zero attached hydrogens (tertiary/aromatic N) is 2. The second-order valence-corrected chi connectivity index (χ2v) is 7.93. The second kappa shape index (κ2) is 6.68. The number of pyridine rings is 1. The molecule has 6 heteroatoms. The van der Waals surface area contributed by atoms with Gasteiger partial charge >= 0.3 is 0 Å². The molecule has 0 unspecified atom stereocenters. The Morgan fingerprint density at radius 1 is 1.33 bits per heavy atom. The van der Waals surface area contributed by atoms with Gasteiger partial charge in [0.2, 0.25) is 0 Å². The van der Waals surface area contributed by atoms with E-state index in [4.69, 9.17) is 15.2 Å². The standard InChI is InChI=1S/C21H27N3O3/c1-13-14(2)27-12-21(13)5-8-24(9-6-21)20-16-11-18(26-3)17(19(22)25)10-15(16)4-7-23-20/h4,7,10-11,13-14H,5-6,8-9,12H2,1-3H3,(H2,22,25)/t13-,14-/m0/s1. The number of nitrogens with two attached hydrogens (primary N) is 1. The number of benzene rings is 1. The number of ether oxygens (including phenoxy) is 2. The van der Waals surface area contributed by atoms with Gasteiger partial charge in [0, 0.05) is 30.1 Å². The monoisotopic (exact) mass is 369 g/mol. The molecule has 2 N–H and O–H groups in total. The fraction of sp³-hybridized carbons (Fsp3) is 0.524. The van der Waals surface area contributed by atoms with Crippen molar-refractivity contribution in [1.29, 1.82) is 0 Å². The molecule has 2 aromatic rings. The molecule has 2 saturated heterocycles. The second-order valence-electron chi connectivity index (χ2n) is 7.93. The molecule has 1 aromatic carbocycles. The van der Waals surface area contributed by atoms with E-state index < -0.39 is 5.91 Å². The molecule has 0 radical (unpaired) electrons. The summed E-state index contributed by atoms with van der Waals surface area (Å²) in [6.45, 7) is 7.27. The highest BCUT2D eigenvalue weighted by molar-refractivity contribution is 6.03. The zero-order chi connectivity index (χ0) is 19.2. The SMILES string of the molecule is COc1cc2c(N3CCC4(CC3)CO[C@@H](C)[C@@H]4C)nccc2cc1C(N)=O. The van der Waals surface area contributed by atoms with Crippen LogP contribution in [0.1, 0.15) is 37.0 Å². The third-order valence-electron chi connectivity index (χ3n) is 6.69. The molecule has 1 amide bonds. The number of carbonyl (C=O) groups is 1. The lowest BCUT2D eigenvalue weighted by atomic mass is 9.70. The number of fused-ring (bicyclic) bond motifs is 1. The van der Waals surface area contributed by atoms with E-state index in [0.29, 0.717) is 23.3 Å². The van der Waals surface area contributed by atoms with Crippen molar-refractivity contribution in [3.63, 3.8) is 0 Å². The summed E-state index contributed by atoms with van der Waals surface area (Å²) in [4.78, 5) is 18.7. The van der Waals surface area contributed by atoms with Crippen molar-refractivity contribution in [1.82, 2.24) is 4.98 Å². The Morgan fingerprint density at radius 3 is 2.67 bits per heavy atom. The first-order valence-electron chi connectivity index (χ1n) is 9.58. The molecule has 0 saturated carbocycles. The van der Waals surface area contributed by atoms with Gasteiger partial charge in [0.15, 0.2) is 0 Å². The maximum Gasteiger partial charge on any atom is 0.252 e. The highest BCUT2D eigenvalue weighted by Gasteiger charge is 2.47. The van der Waals surface area contributed by atoms with Crippen molar-refractivity contribution >= 4 is 22.5 Å². The number of anilines is 1. The first-order chi connectivity index (χ1) is 12.9. The van der Waals surface area contributed by atoms with Crippen molar-refractivity contribution in [3.8, 4) is 5.75 Å². The van der Waals surface area contributed by atoms with Crippen LogP contribution in [0, 0.1) is 11.3 Å². The topological polar surface area (TPSA) is 77.7 Å². The van der Waals surface area contributed by atoms with Gasteiger partial charge in [-0.15, -0.1) is 0 Å². The van der Waals surface area contributed by atoms with Crippen molar-refractivity contribution in [2.24, 2.45) is 17.1 Å². The lowest BCUT2D eigenvalue weighted by Crippen LogP contribution is -2.44. The molecule has 4 rings (SSSR count). The van der Waals surface area contributed by atoms with Crippen LogP contribution in [0.2, 0.25) is 0 Å². The molecule has 2 aliphatic rings. The van der Waals surface area contributed by atoms with Gasteiger partial charge in [-0.25, -0.2) is 4.98 Å². The van der Waals surface area contributed by atoms with Crippen LogP contribution in [0.5, 0.6) is 5.75 Å². The van der Waals surface area contributed by atoms with Crippen LogP contribution in [-0.2, 0) is 4.74 Å². The van der Waals surface area contributed by atoms with Crippen LogP contribution in [0.4, 0.5) is 5.82 Å². The van der Waals surface area contributed by atoms with E-state index in [9.17, 15) is 4.79 Å². The van der Waals surface area contributed by atoms with E-state index >= 15 is 0 Å². The number of aromatic nitrogens is 1. The zero-order valence-corrected chi connectivity index (χ0v) is 16.2. The Bertz CT molecular complexity index is 874. The third-order valence-corrected chi connectivity index (χ3v) is 6.69. The number of hydrogen-bond donors (Lipinski definition) is 1. The molecule has 2 atom stereocenters. The van der Waals surface area contributed by atoms with Gasteiger partial charge in [0.1, 0.15) is 11.6 Å². The van der Waals surface area contributed by atoms with Gasteiger partial charge in [-0.2, -0.15) is 0 Å². The fourth-order valence-electron chi connectivity index (χ4n) is 4.63. The van der Waals surface area contributed by atoms with Crippen LogP contribution in [0.15, 0.2) is 24.4 Å². The van der Waals surface area contributed by atoms with Crippen LogP contribution in [-0.4, -0.2) is 43.8 Å². The zero-order valence-electron chi connectivity index (χ0n) is 16.2. The summed E-state index contributed by atoms with van der Waals surface area (Å²) in [7, 11) is 1.55. The minimum atomic E-state index is -0.489. The van der Waals surface area contributed by atoms with E-state index in [1.165, 1.54) is 0 Å². The Kier molecular flexibility index (Phi) is 4.46. The predicted molar refractivity (Wildman–Crippen MR) is 105 cm³/mol. The van der Waals surface area contributed by atoms with Crippen LogP contribution in [0.25, 0.3) is 10.8 Å². The van der Waals surface area contributed by atoms with E-state index in [2.05, 4.69) is 23.7 Å². The lowest BCUT2D eigenvalue weighted by molar-refractivity contribution is 0.0969. The van der Waals surface area contributed by atoms with Crippen molar-refractivity contribution in [2.75, 3.05) is 31.7 Å². The highest BCUT2D eigenvalue weighted by Crippen LogP contribution is 2.47. The van der Waals surface area contributed by atoms with E-state index in [0.717, 1.165) is 49.1 Å². The Morgan fingerprint density at radius 2 is 2.07 bits per heavy atom. The molecule has 2 aliphatic heterocycles. The number of primary amides is 1. The molecular weight excluding hydrogens is 342 g/mol. The first kappa shape index (κ1) is 18.0. The number of rotatable bonds is 3. The Labute approximate surface area is 159 Å². The van der Waals surface area contributed by atoms with Crippen LogP contribution in [0.3, 0.4) is 0 Å². The molecule has 1 aromatic heterocycles. The largest absolute Gasteiger partial charge is 0.496 e. The number of carbonyl (C=O) groups excluding carboxylic acids is 1. The molecule has 0 bridgehead atoms.